The molecule has 1 aromatic rings. The molecule has 2 saturated heterocycles. The second-order valence-electron chi connectivity index (χ2n) is 5.68. The number of piperidine rings is 2. The molecular weight excluding hydrogens is 244 g/mol. The van der Waals surface area contributed by atoms with Gasteiger partial charge in [0.1, 0.15) is 12.9 Å². The molecule has 0 unspecified atom stereocenters. The van der Waals surface area contributed by atoms with E-state index >= 15 is 0 Å². The molecule has 3 rings (SSSR count). The summed E-state index contributed by atoms with van der Waals surface area (Å²) in [6, 6.07) is 0. The average Bonchev–Trinajstić information content (AvgIpc) is 2.92. The van der Waals surface area contributed by atoms with Crippen molar-refractivity contribution in [1.29, 1.82) is 0 Å². The standard InChI is InChI=1S/C12H20N6O/c19-11(8-18-10-14-15-16-18)17-7-1-2-12(9-17)3-5-13-6-4-12/h10,13H,1-9H2. The van der Waals surface area contributed by atoms with E-state index in [-0.39, 0.29) is 12.5 Å². The van der Waals surface area contributed by atoms with Gasteiger partial charge >= 0.3 is 0 Å². The van der Waals surface area contributed by atoms with Crippen LogP contribution in [0.3, 0.4) is 0 Å². The Bertz CT molecular complexity index is 420. The van der Waals surface area contributed by atoms with Crippen LogP contribution in [0.25, 0.3) is 0 Å². The molecule has 1 N–H and O–H groups in total. The van der Waals surface area contributed by atoms with Crippen LogP contribution in [0.5, 0.6) is 0 Å². The van der Waals surface area contributed by atoms with Crippen LogP contribution in [-0.2, 0) is 11.3 Å². The van der Waals surface area contributed by atoms with Gasteiger partial charge in [-0.05, 0) is 54.6 Å². The molecule has 104 valence electrons. The Morgan fingerprint density at radius 2 is 2.16 bits per heavy atom. The Labute approximate surface area is 112 Å². The lowest BCUT2D eigenvalue weighted by Crippen LogP contribution is -2.50. The molecule has 7 heteroatoms. The van der Waals surface area contributed by atoms with Gasteiger partial charge in [0.05, 0.1) is 0 Å². The van der Waals surface area contributed by atoms with Gasteiger partial charge < -0.3 is 10.2 Å². The van der Waals surface area contributed by atoms with Crippen LogP contribution in [0.4, 0.5) is 0 Å². The highest BCUT2D eigenvalue weighted by Gasteiger charge is 2.37. The number of likely N-dealkylation sites (tertiary alicyclic amines) is 1. The van der Waals surface area contributed by atoms with Crippen LogP contribution in [-0.4, -0.2) is 57.2 Å². The number of rotatable bonds is 2. The van der Waals surface area contributed by atoms with Gasteiger partial charge in [-0.3, -0.25) is 4.79 Å². The van der Waals surface area contributed by atoms with Gasteiger partial charge in [-0.15, -0.1) is 5.10 Å². The van der Waals surface area contributed by atoms with Crippen LogP contribution in [0.2, 0.25) is 0 Å². The summed E-state index contributed by atoms with van der Waals surface area (Å²) in [5.74, 6) is 0.130. The first-order chi connectivity index (χ1) is 9.27. The van der Waals surface area contributed by atoms with Gasteiger partial charge in [0, 0.05) is 13.1 Å². The molecule has 7 nitrogen and oxygen atoms in total. The lowest BCUT2D eigenvalue weighted by molar-refractivity contribution is -0.136. The molecule has 19 heavy (non-hydrogen) atoms. The summed E-state index contributed by atoms with van der Waals surface area (Å²) >= 11 is 0. The van der Waals surface area contributed by atoms with Crippen LogP contribution in [0.1, 0.15) is 25.7 Å². The molecule has 0 saturated carbocycles. The maximum atomic E-state index is 12.3. The van der Waals surface area contributed by atoms with Crippen molar-refractivity contribution in [2.45, 2.75) is 32.2 Å². The summed E-state index contributed by atoms with van der Waals surface area (Å²) in [5.41, 5.74) is 0.347. The largest absolute Gasteiger partial charge is 0.341 e. The quantitative estimate of drug-likeness (QED) is 0.791. The summed E-state index contributed by atoms with van der Waals surface area (Å²) in [6.07, 6.45) is 6.22. The number of aromatic nitrogens is 4. The smallest absolute Gasteiger partial charge is 0.244 e. The van der Waals surface area contributed by atoms with E-state index in [0.717, 1.165) is 32.6 Å². The second kappa shape index (κ2) is 5.24. The highest BCUT2D eigenvalue weighted by atomic mass is 16.2. The number of carbonyl (C=O) groups excluding carboxylic acids is 1. The molecule has 1 aromatic heterocycles. The molecule has 2 fully saturated rings. The first-order valence-corrected chi connectivity index (χ1v) is 6.97. The topological polar surface area (TPSA) is 75.9 Å². The third-order valence-electron chi connectivity index (χ3n) is 4.37. The van der Waals surface area contributed by atoms with Crippen molar-refractivity contribution >= 4 is 5.91 Å². The van der Waals surface area contributed by atoms with Crippen molar-refractivity contribution in [1.82, 2.24) is 30.4 Å². The molecule has 1 spiro atoms. The fourth-order valence-electron chi connectivity index (χ4n) is 3.28. The number of hydrogen-bond donors (Lipinski definition) is 1. The van der Waals surface area contributed by atoms with Crippen molar-refractivity contribution in [3.63, 3.8) is 0 Å². The maximum Gasteiger partial charge on any atom is 0.244 e. The molecule has 2 aliphatic heterocycles. The van der Waals surface area contributed by atoms with Crippen molar-refractivity contribution in [2.24, 2.45) is 5.41 Å². The molecule has 1 amide bonds. The Kier molecular flexibility index (Phi) is 3.46. The maximum absolute atomic E-state index is 12.3. The SMILES string of the molecule is O=C(Cn1cnnn1)N1CCCC2(CCNCC2)C1. The van der Waals surface area contributed by atoms with E-state index in [1.807, 2.05) is 4.90 Å². The zero-order valence-electron chi connectivity index (χ0n) is 11.1. The third-order valence-corrected chi connectivity index (χ3v) is 4.37. The minimum absolute atomic E-state index is 0.130. The highest BCUT2D eigenvalue weighted by Crippen LogP contribution is 2.37. The fraction of sp³-hybridized carbons (Fsp3) is 0.833. The van der Waals surface area contributed by atoms with Gasteiger partial charge in [-0.25, -0.2) is 4.68 Å². The van der Waals surface area contributed by atoms with E-state index in [1.165, 1.54) is 30.3 Å². The first kappa shape index (κ1) is 12.5. The molecular formula is C12H20N6O. The van der Waals surface area contributed by atoms with Gasteiger partial charge in [-0.2, -0.15) is 0 Å². The first-order valence-electron chi connectivity index (χ1n) is 6.97. The Hall–Kier alpha value is -1.50. The predicted octanol–water partition coefficient (Wildman–Crippen LogP) is -0.335. The van der Waals surface area contributed by atoms with Crippen LogP contribution in [0, 0.1) is 5.41 Å². The van der Waals surface area contributed by atoms with Crippen LogP contribution >= 0.6 is 0 Å². The Morgan fingerprint density at radius 1 is 1.32 bits per heavy atom. The zero-order chi connectivity index (χ0) is 13.1. The monoisotopic (exact) mass is 264 g/mol. The lowest BCUT2D eigenvalue weighted by Gasteiger charge is -2.45. The number of hydrogen-bond acceptors (Lipinski definition) is 5. The normalized spacial score (nSPS) is 22.6. The van der Waals surface area contributed by atoms with Crippen LogP contribution in [0.15, 0.2) is 6.33 Å². The van der Waals surface area contributed by atoms with Gasteiger partial charge in [-0.1, -0.05) is 0 Å². The molecule has 0 atom stereocenters. The summed E-state index contributed by atoms with van der Waals surface area (Å²) in [5, 5.41) is 14.3. The molecule has 0 bridgehead atoms. The Balaban J connectivity index is 1.62. The summed E-state index contributed by atoms with van der Waals surface area (Å²) in [7, 11) is 0. The number of tetrazole rings is 1. The van der Waals surface area contributed by atoms with E-state index in [2.05, 4.69) is 20.8 Å². The number of carbonyl (C=O) groups is 1. The van der Waals surface area contributed by atoms with E-state index < -0.39 is 0 Å². The van der Waals surface area contributed by atoms with Crippen molar-refractivity contribution in [3.8, 4) is 0 Å². The molecule has 3 heterocycles. The minimum Gasteiger partial charge on any atom is -0.341 e. The van der Waals surface area contributed by atoms with Crippen molar-refractivity contribution in [2.75, 3.05) is 26.2 Å². The van der Waals surface area contributed by atoms with Crippen LogP contribution < -0.4 is 5.32 Å². The minimum atomic E-state index is 0.130. The predicted molar refractivity (Wildman–Crippen MR) is 68.2 cm³/mol. The summed E-state index contributed by atoms with van der Waals surface area (Å²) < 4.78 is 1.49. The lowest BCUT2D eigenvalue weighted by atomic mass is 9.73. The van der Waals surface area contributed by atoms with E-state index in [0.29, 0.717) is 5.41 Å². The summed E-state index contributed by atoms with van der Waals surface area (Å²) in [6.45, 7) is 4.18. The zero-order valence-corrected chi connectivity index (χ0v) is 11.1. The van der Waals surface area contributed by atoms with Crippen molar-refractivity contribution in [3.05, 3.63) is 6.33 Å². The fourth-order valence-corrected chi connectivity index (χ4v) is 3.28. The second-order valence-corrected chi connectivity index (χ2v) is 5.68. The molecule has 0 radical (unpaired) electrons. The summed E-state index contributed by atoms with van der Waals surface area (Å²) in [4.78, 5) is 14.3. The molecule has 0 aromatic carbocycles. The molecule has 0 aliphatic carbocycles. The van der Waals surface area contributed by atoms with E-state index in [1.54, 1.807) is 0 Å². The van der Waals surface area contributed by atoms with Gasteiger partial charge in [0.25, 0.3) is 0 Å². The van der Waals surface area contributed by atoms with E-state index in [9.17, 15) is 4.79 Å². The number of nitrogens with one attached hydrogen (secondary N) is 1. The molecule has 2 aliphatic rings. The average molecular weight is 264 g/mol. The number of amides is 1. The number of nitrogens with zero attached hydrogens (tertiary/aromatic N) is 5. The van der Waals surface area contributed by atoms with Crippen molar-refractivity contribution < 1.29 is 4.79 Å². The van der Waals surface area contributed by atoms with Gasteiger partial charge in [0.15, 0.2) is 0 Å². The highest BCUT2D eigenvalue weighted by molar-refractivity contribution is 5.76. The van der Waals surface area contributed by atoms with E-state index in [4.69, 9.17) is 0 Å². The third kappa shape index (κ3) is 2.75. The Morgan fingerprint density at radius 3 is 2.89 bits per heavy atom. The van der Waals surface area contributed by atoms with Gasteiger partial charge in [0.2, 0.25) is 5.91 Å².